The third-order valence-corrected chi connectivity index (χ3v) is 5.00. The molecule has 0 saturated carbocycles. The summed E-state index contributed by atoms with van der Waals surface area (Å²) in [6, 6.07) is 20.3. The summed E-state index contributed by atoms with van der Waals surface area (Å²) in [7, 11) is 0. The number of rotatable bonds is 8. The number of hydrogen-bond acceptors (Lipinski definition) is 5. The van der Waals surface area contributed by atoms with E-state index in [4.69, 9.17) is 4.84 Å². The predicted molar refractivity (Wildman–Crippen MR) is 115 cm³/mol. The molecule has 6 nitrogen and oxygen atoms in total. The molecule has 2 aromatic carbocycles. The third kappa shape index (κ3) is 6.02. The van der Waals surface area contributed by atoms with Gasteiger partial charge in [-0.1, -0.05) is 53.7 Å². The molecule has 148 valence electrons. The van der Waals surface area contributed by atoms with Gasteiger partial charge in [0.2, 0.25) is 0 Å². The van der Waals surface area contributed by atoms with E-state index in [1.54, 1.807) is 35.6 Å². The van der Waals surface area contributed by atoms with Crippen LogP contribution in [0.4, 0.5) is 5.69 Å². The zero-order valence-electron chi connectivity index (χ0n) is 15.9. The molecule has 2 N–H and O–H groups in total. The van der Waals surface area contributed by atoms with Crippen LogP contribution in [0.3, 0.4) is 0 Å². The van der Waals surface area contributed by atoms with Crippen LogP contribution < -0.4 is 10.6 Å². The Labute approximate surface area is 173 Å². The molecule has 7 heteroatoms. The fourth-order valence-electron chi connectivity index (χ4n) is 2.57. The van der Waals surface area contributed by atoms with Gasteiger partial charge in [-0.3, -0.25) is 9.59 Å². The number of amides is 2. The molecular weight excluding hydrogens is 386 g/mol. The topological polar surface area (TPSA) is 79.8 Å². The second-order valence-corrected chi connectivity index (χ2v) is 7.14. The number of oxime groups is 1. The molecule has 0 spiro atoms. The fourth-order valence-corrected chi connectivity index (χ4v) is 3.24. The van der Waals surface area contributed by atoms with Crippen molar-refractivity contribution in [1.29, 1.82) is 0 Å². The number of anilines is 1. The molecule has 3 rings (SSSR count). The van der Waals surface area contributed by atoms with Gasteiger partial charge in [-0.2, -0.15) is 0 Å². The standard InChI is InChI=1S/C22H21N3O3S/c1-16(20-12-7-13-29-20)25-28-15-21(26)24-19-11-6-5-10-18(19)22(27)23-14-17-8-3-2-4-9-17/h2-13H,14-15H2,1H3,(H,23,27)(H,24,26)/b25-16-. The van der Waals surface area contributed by atoms with E-state index in [0.717, 1.165) is 10.4 Å². The van der Waals surface area contributed by atoms with E-state index in [9.17, 15) is 9.59 Å². The Morgan fingerprint density at radius 2 is 1.76 bits per heavy atom. The molecule has 1 aromatic heterocycles. The van der Waals surface area contributed by atoms with Crippen molar-refractivity contribution in [1.82, 2.24) is 5.32 Å². The van der Waals surface area contributed by atoms with Gasteiger partial charge in [0.15, 0.2) is 6.61 Å². The molecule has 0 saturated heterocycles. The average molecular weight is 407 g/mol. The molecule has 0 fully saturated rings. The lowest BCUT2D eigenvalue weighted by atomic mass is 10.1. The normalized spacial score (nSPS) is 11.0. The molecule has 2 amide bonds. The summed E-state index contributed by atoms with van der Waals surface area (Å²) < 4.78 is 0. The summed E-state index contributed by atoms with van der Waals surface area (Å²) in [6.45, 7) is 1.97. The van der Waals surface area contributed by atoms with Crippen molar-refractivity contribution >= 4 is 34.6 Å². The first kappa shape index (κ1) is 20.3. The van der Waals surface area contributed by atoms with Gasteiger partial charge in [0, 0.05) is 6.54 Å². The van der Waals surface area contributed by atoms with E-state index < -0.39 is 5.91 Å². The molecule has 29 heavy (non-hydrogen) atoms. The van der Waals surface area contributed by atoms with Crippen molar-refractivity contribution in [3.05, 3.63) is 88.1 Å². The third-order valence-electron chi connectivity index (χ3n) is 4.02. The van der Waals surface area contributed by atoms with Crippen molar-refractivity contribution in [2.24, 2.45) is 5.16 Å². The van der Waals surface area contributed by atoms with E-state index >= 15 is 0 Å². The number of nitrogens with one attached hydrogen (secondary N) is 2. The lowest BCUT2D eigenvalue weighted by molar-refractivity contribution is -0.120. The molecule has 0 radical (unpaired) electrons. The Bertz CT molecular complexity index is 986. The minimum Gasteiger partial charge on any atom is -0.385 e. The van der Waals surface area contributed by atoms with Crippen molar-refractivity contribution in [2.75, 3.05) is 11.9 Å². The first-order valence-corrected chi connectivity index (χ1v) is 9.93. The largest absolute Gasteiger partial charge is 0.385 e. The number of carbonyl (C=O) groups excluding carboxylic acids is 2. The first-order valence-electron chi connectivity index (χ1n) is 9.05. The van der Waals surface area contributed by atoms with Gasteiger partial charge in [0.25, 0.3) is 11.8 Å². The molecule has 3 aromatic rings. The quantitative estimate of drug-likeness (QED) is 0.437. The monoisotopic (exact) mass is 407 g/mol. The Kier molecular flexibility index (Phi) is 7.13. The van der Waals surface area contributed by atoms with Crippen LogP contribution >= 0.6 is 11.3 Å². The maximum Gasteiger partial charge on any atom is 0.265 e. The minimum absolute atomic E-state index is 0.247. The Balaban J connectivity index is 1.56. The molecular formula is C22H21N3O3S. The van der Waals surface area contributed by atoms with Crippen molar-refractivity contribution in [3.63, 3.8) is 0 Å². The number of benzene rings is 2. The number of nitrogens with zero attached hydrogens (tertiary/aromatic N) is 1. The van der Waals surface area contributed by atoms with Gasteiger partial charge in [0.1, 0.15) is 0 Å². The number of carbonyl (C=O) groups is 2. The molecule has 0 unspecified atom stereocenters. The van der Waals surface area contributed by atoms with E-state index in [2.05, 4.69) is 15.8 Å². The van der Waals surface area contributed by atoms with Gasteiger partial charge in [-0.25, -0.2) is 0 Å². The lowest BCUT2D eigenvalue weighted by Gasteiger charge is -2.11. The van der Waals surface area contributed by atoms with Crippen molar-refractivity contribution in [3.8, 4) is 0 Å². The Hall–Kier alpha value is -3.45. The molecule has 0 aliphatic heterocycles. The van der Waals surface area contributed by atoms with Crippen LogP contribution in [0, 0.1) is 0 Å². The van der Waals surface area contributed by atoms with Crippen molar-refractivity contribution < 1.29 is 14.4 Å². The van der Waals surface area contributed by atoms with Crippen LogP contribution in [-0.2, 0) is 16.2 Å². The second kappa shape index (κ2) is 10.2. The van der Waals surface area contributed by atoms with E-state index in [1.165, 1.54) is 0 Å². The van der Waals surface area contributed by atoms with Crippen LogP contribution in [0.1, 0.15) is 27.7 Å². The zero-order chi connectivity index (χ0) is 20.5. The summed E-state index contributed by atoms with van der Waals surface area (Å²) in [5.74, 6) is -0.659. The number of thiophene rings is 1. The van der Waals surface area contributed by atoms with Crippen LogP contribution in [0.5, 0.6) is 0 Å². The predicted octanol–water partition coefficient (Wildman–Crippen LogP) is 4.06. The first-order chi connectivity index (χ1) is 14.1. The molecule has 1 heterocycles. The van der Waals surface area contributed by atoms with E-state index in [-0.39, 0.29) is 12.5 Å². The smallest absolute Gasteiger partial charge is 0.265 e. The highest BCUT2D eigenvalue weighted by Crippen LogP contribution is 2.15. The Morgan fingerprint density at radius 1 is 1.00 bits per heavy atom. The van der Waals surface area contributed by atoms with Crippen LogP contribution in [-0.4, -0.2) is 24.1 Å². The van der Waals surface area contributed by atoms with Gasteiger partial charge in [-0.15, -0.1) is 11.3 Å². The molecule has 0 bridgehead atoms. The number of hydrogen-bond donors (Lipinski definition) is 2. The summed E-state index contributed by atoms with van der Waals surface area (Å²) in [5.41, 5.74) is 2.50. The average Bonchev–Trinajstić information content (AvgIpc) is 3.28. The van der Waals surface area contributed by atoms with E-state index in [0.29, 0.717) is 23.5 Å². The van der Waals surface area contributed by atoms with Gasteiger partial charge in [0.05, 0.1) is 21.8 Å². The summed E-state index contributed by atoms with van der Waals surface area (Å²) in [5, 5.41) is 11.5. The molecule has 0 aliphatic rings. The highest BCUT2D eigenvalue weighted by Gasteiger charge is 2.13. The highest BCUT2D eigenvalue weighted by atomic mass is 32.1. The number of para-hydroxylation sites is 1. The Morgan fingerprint density at radius 3 is 2.52 bits per heavy atom. The lowest BCUT2D eigenvalue weighted by Crippen LogP contribution is -2.25. The molecule has 0 atom stereocenters. The van der Waals surface area contributed by atoms with Crippen LogP contribution in [0.25, 0.3) is 0 Å². The minimum atomic E-state index is -0.393. The van der Waals surface area contributed by atoms with Crippen LogP contribution in [0.2, 0.25) is 0 Å². The second-order valence-electron chi connectivity index (χ2n) is 6.19. The van der Waals surface area contributed by atoms with Crippen molar-refractivity contribution in [2.45, 2.75) is 13.5 Å². The van der Waals surface area contributed by atoms with E-state index in [1.807, 2.05) is 54.8 Å². The maximum atomic E-state index is 12.5. The maximum absolute atomic E-state index is 12.5. The highest BCUT2D eigenvalue weighted by molar-refractivity contribution is 7.12. The zero-order valence-corrected chi connectivity index (χ0v) is 16.7. The summed E-state index contributed by atoms with van der Waals surface area (Å²) in [6.07, 6.45) is 0. The van der Waals surface area contributed by atoms with Gasteiger partial charge >= 0.3 is 0 Å². The van der Waals surface area contributed by atoms with Gasteiger partial charge in [-0.05, 0) is 36.1 Å². The summed E-state index contributed by atoms with van der Waals surface area (Å²) >= 11 is 1.54. The SMILES string of the molecule is C/C(=N/OCC(=O)Nc1ccccc1C(=O)NCc1ccccc1)c1cccs1. The fraction of sp³-hybridized carbons (Fsp3) is 0.136. The molecule has 0 aliphatic carbocycles. The van der Waals surface area contributed by atoms with Gasteiger partial charge < -0.3 is 15.5 Å². The summed E-state index contributed by atoms with van der Waals surface area (Å²) in [4.78, 5) is 30.9. The van der Waals surface area contributed by atoms with Crippen LogP contribution in [0.15, 0.2) is 77.3 Å².